The Bertz CT molecular complexity index is 3880. The van der Waals surface area contributed by atoms with Gasteiger partial charge in [-0.05, 0) is 248 Å². The van der Waals surface area contributed by atoms with Gasteiger partial charge < -0.3 is 0 Å². The molecule has 1 heteroatoms. The van der Waals surface area contributed by atoms with Crippen molar-refractivity contribution in [1.82, 2.24) is 0 Å². The van der Waals surface area contributed by atoms with Crippen molar-refractivity contribution < 1.29 is 0 Å². The molecule has 0 unspecified atom stereocenters. The first-order valence-corrected chi connectivity index (χ1v) is 43.3. The van der Waals surface area contributed by atoms with Crippen molar-refractivity contribution in [2.45, 2.75) is 312 Å². The Balaban J connectivity index is 1.09. The maximum atomic E-state index is 4.07. The molecule has 9 aromatic rings. The van der Waals surface area contributed by atoms with Crippen LogP contribution in [0.25, 0.3) is 89.0 Å². The van der Waals surface area contributed by atoms with Crippen molar-refractivity contribution in [3.63, 3.8) is 0 Å². The minimum absolute atomic E-state index is 1.09. The average molecular weight is 1440 g/mol. The first-order chi connectivity index (χ1) is 50.7. The van der Waals surface area contributed by atoms with E-state index in [1.54, 1.807) is 0 Å². The quantitative estimate of drug-likeness (QED) is 0.0334. The van der Waals surface area contributed by atoms with Crippen molar-refractivity contribution in [1.29, 1.82) is 0 Å². The van der Waals surface area contributed by atoms with E-state index in [4.69, 9.17) is 0 Å². The van der Waals surface area contributed by atoms with Crippen molar-refractivity contribution in [3.05, 3.63) is 225 Å². The molecule has 0 spiro atoms. The molecule has 0 saturated heterocycles. The molecule has 9 rings (SSSR count). The van der Waals surface area contributed by atoms with Crippen LogP contribution >= 0.6 is 15.9 Å². The normalized spacial score (nSPS) is 11.5. The number of rotatable bonds is 48. The fourth-order valence-electron chi connectivity index (χ4n) is 16.1. The third kappa shape index (κ3) is 24.2. The summed E-state index contributed by atoms with van der Waals surface area (Å²) in [5.74, 6) is 0. The number of hydrogen-bond acceptors (Lipinski definition) is 0. The molecule has 0 aliphatic carbocycles. The second-order valence-electron chi connectivity index (χ2n) is 30.8. The molecular weight excluding hydrogens is 1310 g/mol. The van der Waals surface area contributed by atoms with Crippen LogP contribution in [0.4, 0.5) is 0 Å². The lowest BCUT2D eigenvalue weighted by Crippen LogP contribution is -2.00. The molecule has 0 aliphatic heterocycles. The van der Waals surface area contributed by atoms with Crippen LogP contribution in [0.2, 0.25) is 0 Å². The number of aryl methyl sites for hydroxylation is 8. The monoisotopic (exact) mass is 1440 g/mol. The second kappa shape index (κ2) is 45.1. The fraction of sp³-hybridized carbons (Fsp3) is 0.471. The van der Waals surface area contributed by atoms with E-state index >= 15 is 0 Å². The van der Waals surface area contributed by atoms with Gasteiger partial charge in [-0.2, -0.15) is 0 Å². The molecule has 0 nitrogen and oxygen atoms in total. The number of benzene rings is 9. The predicted molar refractivity (Wildman–Crippen MR) is 460 cm³/mol. The fourth-order valence-corrected chi connectivity index (χ4v) is 16.7. The molecule has 0 N–H and O–H groups in total. The smallest absolute Gasteiger partial charge is 0.0210 e. The molecule has 103 heavy (non-hydrogen) atoms. The highest BCUT2D eigenvalue weighted by Crippen LogP contribution is 2.42. The molecule has 0 atom stereocenters. The van der Waals surface area contributed by atoms with Crippen LogP contribution in [-0.4, -0.2) is 0 Å². The van der Waals surface area contributed by atoms with Gasteiger partial charge >= 0.3 is 0 Å². The van der Waals surface area contributed by atoms with Gasteiger partial charge in [0, 0.05) is 4.47 Å². The summed E-state index contributed by atoms with van der Waals surface area (Å²) >= 11 is 4.07. The van der Waals surface area contributed by atoms with Gasteiger partial charge in [-0.25, -0.2) is 0 Å². The van der Waals surface area contributed by atoms with E-state index in [1.807, 2.05) is 0 Å². The molecule has 0 aromatic heterocycles. The third-order valence-electron chi connectivity index (χ3n) is 22.5. The topological polar surface area (TPSA) is 0 Å². The molecule has 0 saturated carbocycles. The van der Waals surface area contributed by atoms with Gasteiger partial charge in [0.15, 0.2) is 0 Å². The largest absolute Gasteiger partial charge is 0.0654 e. The lowest BCUT2D eigenvalue weighted by atomic mass is 9.84. The Kier molecular flexibility index (Phi) is 35.3. The highest BCUT2D eigenvalue weighted by atomic mass is 79.9. The zero-order valence-electron chi connectivity index (χ0n) is 65.9. The van der Waals surface area contributed by atoms with Gasteiger partial charge in [-0.1, -0.05) is 389 Å². The molecule has 0 amide bonds. The molecule has 548 valence electrons. The first kappa shape index (κ1) is 80.6. The lowest BCUT2D eigenvalue weighted by Gasteiger charge is -2.20. The van der Waals surface area contributed by atoms with Crippen LogP contribution in [0.5, 0.6) is 0 Å². The van der Waals surface area contributed by atoms with Crippen LogP contribution in [0.15, 0.2) is 180 Å². The standard InChI is InChI=1S/C102H133Br/c1-9-17-25-34-46-87-71-96(88(47-35-26-18-10-2)70-95(87)80-56-54-79(55-57-80)78-44-42-33-43-45-78)81-58-60-82(61-59-81)97-72-90(49-37-28-20-12-4)98(73-89(97)48-36-27-19-11-3)83-62-64-84(65-63-83)99-74-92(51-39-30-22-14-6)100(75-91(99)50-38-29-21-13-5)85-66-68-86(69-67-85)101-76-94(53-41-32-24-16-8)102(103)77-93(101)52-40-31-23-15-7/h33,42-45,54-77H,9-32,34-41,46-53H2,1-8H3. The molecule has 0 radical (unpaired) electrons. The molecule has 0 heterocycles. The SMILES string of the molecule is CCCCCCc1cc(-c2ccc(-c3cc(CCCCCC)c(-c4ccc(-c5cc(CCCCCC)c(-c6ccc(-c7cc(CCCCCC)c(-c8ccc(-c9ccccc9)cc8)cc7CCCCCC)cc6)cc5CCCCCC)cc4)cc3CCCCCC)cc2)c(CCCCCC)cc1Br. The van der Waals surface area contributed by atoms with Crippen molar-refractivity contribution in [3.8, 4) is 89.0 Å². The molecular formula is C102H133Br. The number of hydrogen-bond donors (Lipinski definition) is 0. The minimum atomic E-state index is 1.09. The van der Waals surface area contributed by atoms with Crippen LogP contribution in [0.3, 0.4) is 0 Å². The summed E-state index contributed by atoms with van der Waals surface area (Å²) in [4.78, 5) is 0. The minimum Gasteiger partial charge on any atom is -0.0654 e. The summed E-state index contributed by atoms with van der Waals surface area (Å²) in [6.07, 6.45) is 49.3. The van der Waals surface area contributed by atoms with Crippen LogP contribution in [0.1, 0.15) is 305 Å². The van der Waals surface area contributed by atoms with E-state index in [0.717, 1.165) is 51.4 Å². The van der Waals surface area contributed by atoms with E-state index in [1.165, 1.54) is 343 Å². The summed E-state index contributed by atoms with van der Waals surface area (Å²) in [6, 6.07) is 71.1. The third-order valence-corrected chi connectivity index (χ3v) is 23.2. The van der Waals surface area contributed by atoms with Crippen LogP contribution < -0.4 is 0 Å². The maximum Gasteiger partial charge on any atom is 0.0210 e. The number of unbranched alkanes of at least 4 members (excludes halogenated alkanes) is 24. The maximum absolute atomic E-state index is 4.07. The van der Waals surface area contributed by atoms with E-state index in [0.29, 0.717) is 0 Å². The predicted octanol–water partition coefficient (Wildman–Crippen LogP) is 32.8. The van der Waals surface area contributed by atoms with E-state index in [9.17, 15) is 0 Å². The second-order valence-corrected chi connectivity index (χ2v) is 31.6. The zero-order chi connectivity index (χ0) is 72.2. The Morgan fingerprint density at radius 2 is 0.330 bits per heavy atom. The summed E-state index contributed by atoms with van der Waals surface area (Å²) in [6.45, 7) is 18.7. The molecule has 0 aliphatic rings. The van der Waals surface area contributed by atoms with E-state index in [2.05, 4.69) is 247 Å². The van der Waals surface area contributed by atoms with Crippen molar-refractivity contribution >= 4 is 15.9 Å². The lowest BCUT2D eigenvalue weighted by molar-refractivity contribution is 0.663. The summed E-state index contributed by atoms with van der Waals surface area (Å²) in [7, 11) is 0. The molecule has 0 bridgehead atoms. The summed E-state index contributed by atoms with van der Waals surface area (Å²) in [5.41, 5.74) is 34.0. The van der Waals surface area contributed by atoms with Gasteiger partial charge in [0.1, 0.15) is 0 Å². The van der Waals surface area contributed by atoms with Crippen molar-refractivity contribution in [2.75, 3.05) is 0 Å². The Labute approximate surface area is 637 Å². The Morgan fingerprint density at radius 1 is 0.165 bits per heavy atom. The van der Waals surface area contributed by atoms with E-state index < -0.39 is 0 Å². The van der Waals surface area contributed by atoms with E-state index in [-0.39, 0.29) is 0 Å². The highest BCUT2D eigenvalue weighted by Gasteiger charge is 2.21. The Hall–Kier alpha value is -6.54. The average Bonchev–Trinajstić information content (AvgIpc) is 0.784. The molecule has 9 aromatic carbocycles. The van der Waals surface area contributed by atoms with Crippen LogP contribution in [-0.2, 0) is 51.4 Å². The zero-order valence-corrected chi connectivity index (χ0v) is 67.5. The number of halogens is 1. The van der Waals surface area contributed by atoms with Gasteiger partial charge in [0.25, 0.3) is 0 Å². The van der Waals surface area contributed by atoms with Gasteiger partial charge in [0.05, 0.1) is 0 Å². The first-order valence-electron chi connectivity index (χ1n) is 42.5. The molecule has 0 fully saturated rings. The van der Waals surface area contributed by atoms with Gasteiger partial charge in [-0.15, -0.1) is 0 Å². The van der Waals surface area contributed by atoms with Crippen molar-refractivity contribution in [2.24, 2.45) is 0 Å². The Morgan fingerprint density at radius 3 is 0.534 bits per heavy atom. The summed E-state index contributed by atoms with van der Waals surface area (Å²) < 4.78 is 1.30. The van der Waals surface area contributed by atoms with Gasteiger partial charge in [0.2, 0.25) is 0 Å². The van der Waals surface area contributed by atoms with Crippen LogP contribution in [0, 0.1) is 0 Å². The highest BCUT2D eigenvalue weighted by molar-refractivity contribution is 9.10. The summed E-state index contributed by atoms with van der Waals surface area (Å²) in [5, 5.41) is 0. The van der Waals surface area contributed by atoms with Gasteiger partial charge in [-0.3, -0.25) is 0 Å².